The molecule has 0 aliphatic carbocycles. The average molecular weight is 298 g/mol. The molecule has 0 spiro atoms. The Morgan fingerprint density at radius 3 is 1.42 bits per heavy atom. The molecule has 11 heteroatoms. The van der Waals surface area contributed by atoms with Crippen molar-refractivity contribution in [2.24, 2.45) is 5.84 Å². The number of hydrazine groups is 1. The monoisotopic (exact) mass is 298 g/mol. The maximum atomic E-state index is 13.2. The molecule has 19 heavy (non-hydrogen) atoms. The van der Waals surface area contributed by atoms with E-state index in [1.54, 1.807) is 0 Å². The zero-order valence-corrected chi connectivity index (χ0v) is 8.48. The fourth-order valence-corrected chi connectivity index (χ4v) is 1.31. The molecule has 108 valence electrons. The minimum Gasteiger partial charge on any atom is -0.321 e. The molecule has 0 fully saturated rings. The van der Waals surface area contributed by atoms with Crippen LogP contribution >= 0.6 is 0 Å². The summed E-state index contributed by atoms with van der Waals surface area (Å²) in [5, 5.41) is 0. The Bertz CT molecular complexity index is 503. The Hall–Kier alpha value is -1.65. The fourth-order valence-electron chi connectivity index (χ4n) is 1.31. The Morgan fingerprint density at radius 1 is 0.684 bits per heavy atom. The average Bonchev–Trinajstić information content (AvgIpc) is 2.19. The van der Waals surface area contributed by atoms with Gasteiger partial charge < -0.3 is 5.43 Å². The second-order valence-corrected chi connectivity index (χ2v) is 3.21. The third-order valence-electron chi connectivity index (χ3n) is 2.03. The van der Waals surface area contributed by atoms with Crippen molar-refractivity contribution < 1.29 is 39.5 Å². The predicted octanol–water partition coefficient (Wildman–Crippen LogP) is 3.43. The normalized spacial score (nSPS) is 12.7. The highest BCUT2D eigenvalue weighted by molar-refractivity contribution is 5.56. The molecule has 1 aromatic rings. The second kappa shape index (κ2) is 4.47. The Morgan fingerprint density at radius 2 is 1.11 bits per heavy atom. The molecule has 3 N–H and O–H groups in total. The first-order valence-electron chi connectivity index (χ1n) is 4.24. The lowest BCUT2D eigenvalue weighted by Crippen LogP contribution is -2.24. The fraction of sp³-hybridized carbons (Fsp3) is 0.250. The van der Waals surface area contributed by atoms with Gasteiger partial charge in [0.15, 0.2) is 17.5 Å². The van der Waals surface area contributed by atoms with Gasteiger partial charge in [0.25, 0.3) is 0 Å². The second-order valence-electron chi connectivity index (χ2n) is 3.21. The smallest absolute Gasteiger partial charge is 0.321 e. The van der Waals surface area contributed by atoms with E-state index in [0.29, 0.717) is 0 Å². The molecule has 0 aliphatic rings. The van der Waals surface area contributed by atoms with E-state index in [1.807, 2.05) is 0 Å². The van der Waals surface area contributed by atoms with Crippen LogP contribution < -0.4 is 11.3 Å². The van der Waals surface area contributed by atoms with E-state index in [4.69, 9.17) is 0 Å². The van der Waals surface area contributed by atoms with Crippen molar-refractivity contribution in [1.82, 2.24) is 0 Å². The van der Waals surface area contributed by atoms with Gasteiger partial charge >= 0.3 is 12.4 Å². The van der Waals surface area contributed by atoms with Crippen molar-refractivity contribution >= 4 is 5.69 Å². The van der Waals surface area contributed by atoms with Gasteiger partial charge in [-0.1, -0.05) is 0 Å². The number of nitrogens with two attached hydrogens (primary N) is 1. The molecule has 0 unspecified atom stereocenters. The zero-order chi connectivity index (χ0) is 15.2. The quantitative estimate of drug-likeness (QED) is 0.361. The molecule has 0 saturated heterocycles. The van der Waals surface area contributed by atoms with Crippen molar-refractivity contribution in [3.05, 3.63) is 28.6 Å². The molecule has 0 radical (unpaired) electrons. The topological polar surface area (TPSA) is 38.0 Å². The lowest BCUT2D eigenvalue weighted by atomic mass is 10.0. The van der Waals surface area contributed by atoms with Gasteiger partial charge in [0.05, 0.1) is 0 Å². The van der Waals surface area contributed by atoms with Gasteiger partial charge in [0, 0.05) is 0 Å². The third kappa shape index (κ3) is 2.55. The van der Waals surface area contributed by atoms with E-state index in [0.717, 1.165) is 5.43 Å². The molecule has 1 aromatic carbocycles. The number of alkyl halides is 6. The summed E-state index contributed by atoms with van der Waals surface area (Å²) in [6, 6.07) is 0. The third-order valence-corrected chi connectivity index (χ3v) is 2.03. The molecule has 0 saturated carbocycles. The Balaban J connectivity index is 3.88. The van der Waals surface area contributed by atoms with Crippen LogP contribution in [0.1, 0.15) is 11.1 Å². The van der Waals surface area contributed by atoms with Crippen molar-refractivity contribution in [3.63, 3.8) is 0 Å². The first-order chi connectivity index (χ1) is 8.42. The molecule has 0 atom stereocenters. The number of nitrogens with one attached hydrogen (secondary N) is 1. The highest BCUT2D eigenvalue weighted by Crippen LogP contribution is 2.44. The number of halogens is 9. The number of anilines is 1. The first kappa shape index (κ1) is 15.4. The molecule has 0 bridgehead atoms. The molecule has 2 nitrogen and oxygen atoms in total. The predicted molar refractivity (Wildman–Crippen MR) is 44.1 cm³/mol. The van der Waals surface area contributed by atoms with E-state index in [1.165, 1.54) is 0 Å². The highest BCUT2D eigenvalue weighted by atomic mass is 19.4. The summed E-state index contributed by atoms with van der Waals surface area (Å²) in [5.74, 6) is -3.95. The van der Waals surface area contributed by atoms with Gasteiger partial charge in [-0.3, -0.25) is 5.84 Å². The molecule has 0 aromatic heterocycles. The molecular formula is C8H3F9N2. The van der Waals surface area contributed by atoms with E-state index >= 15 is 0 Å². The van der Waals surface area contributed by atoms with Gasteiger partial charge in [0.1, 0.15) is 16.8 Å². The van der Waals surface area contributed by atoms with E-state index in [2.05, 4.69) is 5.84 Å². The molecule has 0 amide bonds. The standard InChI is InChI=1S/C8H3F9N2/c9-3-1(7(12,13)14)4(10)5(11)6(19-18)2(3)8(15,16)17/h19H,18H2. The van der Waals surface area contributed by atoms with Gasteiger partial charge in [-0.15, -0.1) is 0 Å². The van der Waals surface area contributed by atoms with E-state index in [-0.39, 0.29) is 0 Å². The Labute approximate surface area is 98.5 Å². The molecule has 1 rings (SSSR count). The Kier molecular flexibility index (Phi) is 3.63. The van der Waals surface area contributed by atoms with Crippen LogP contribution in [0.2, 0.25) is 0 Å². The number of rotatable bonds is 1. The highest BCUT2D eigenvalue weighted by Gasteiger charge is 2.48. The van der Waals surface area contributed by atoms with Gasteiger partial charge in [0.2, 0.25) is 0 Å². The van der Waals surface area contributed by atoms with Crippen LogP contribution in [0.25, 0.3) is 0 Å². The van der Waals surface area contributed by atoms with Crippen LogP contribution in [0.3, 0.4) is 0 Å². The summed E-state index contributed by atoms with van der Waals surface area (Å²) in [5.41, 5.74) is -6.60. The summed E-state index contributed by atoms with van der Waals surface area (Å²) < 4.78 is 113. The van der Waals surface area contributed by atoms with Crippen LogP contribution in [0.5, 0.6) is 0 Å². The number of hydrogen-bond acceptors (Lipinski definition) is 2. The minimum absolute atomic E-state index is 0.988. The SMILES string of the molecule is NNc1c(F)c(F)c(C(F)(F)F)c(F)c1C(F)(F)F. The summed E-state index contributed by atoms with van der Waals surface area (Å²) in [4.78, 5) is 0. The lowest BCUT2D eigenvalue weighted by Gasteiger charge is -2.18. The van der Waals surface area contributed by atoms with Crippen LogP contribution in [0.15, 0.2) is 0 Å². The minimum atomic E-state index is -5.85. The summed E-state index contributed by atoms with van der Waals surface area (Å²) in [6.07, 6.45) is -11.6. The van der Waals surface area contributed by atoms with Crippen LogP contribution in [0.4, 0.5) is 45.2 Å². The lowest BCUT2D eigenvalue weighted by molar-refractivity contribution is -0.149. The van der Waals surface area contributed by atoms with Crippen molar-refractivity contribution in [2.45, 2.75) is 12.4 Å². The maximum Gasteiger partial charge on any atom is 0.422 e. The summed E-state index contributed by atoms with van der Waals surface area (Å²) in [6.45, 7) is 0. The largest absolute Gasteiger partial charge is 0.422 e. The van der Waals surface area contributed by atoms with Crippen LogP contribution in [0, 0.1) is 17.5 Å². The number of nitrogen functional groups attached to an aromatic ring is 1. The van der Waals surface area contributed by atoms with Crippen LogP contribution in [-0.4, -0.2) is 0 Å². The maximum absolute atomic E-state index is 13.2. The van der Waals surface area contributed by atoms with Crippen molar-refractivity contribution in [3.8, 4) is 0 Å². The van der Waals surface area contributed by atoms with Gasteiger partial charge in [-0.2, -0.15) is 26.3 Å². The summed E-state index contributed by atoms with van der Waals surface area (Å²) in [7, 11) is 0. The van der Waals surface area contributed by atoms with E-state index < -0.39 is 46.6 Å². The van der Waals surface area contributed by atoms with Crippen LogP contribution in [-0.2, 0) is 12.4 Å². The van der Waals surface area contributed by atoms with Crippen molar-refractivity contribution in [1.29, 1.82) is 0 Å². The summed E-state index contributed by atoms with van der Waals surface area (Å²) >= 11 is 0. The molecule has 0 aliphatic heterocycles. The number of benzene rings is 1. The number of hydrogen-bond donors (Lipinski definition) is 2. The van der Waals surface area contributed by atoms with Gasteiger partial charge in [-0.25, -0.2) is 13.2 Å². The zero-order valence-electron chi connectivity index (χ0n) is 8.48. The molecular weight excluding hydrogens is 295 g/mol. The van der Waals surface area contributed by atoms with Gasteiger partial charge in [-0.05, 0) is 0 Å². The first-order valence-corrected chi connectivity index (χ1v) is 4.24. The molecule has 0 heterocycles. The van der Waals surface area contributed by atoms with Crippen molar-refractivity contribution in [2.75, 3.05) is 5.43 Å². The van der Waals surface area contributed by atoms with E-state index in [9.17, 15) is 39.5 Å².